The molecule has 1 unspecified atom stereocenters. The Hall–Kier alpha value is -1.13. The monoisotopic (exact) mass is 329 g/mol. The number of amides is 2. The quantitative estimate of drug-likeness (QED) is 0.919. The van der Waals surface area contributed by atoms with Crippen LogP contribution in [0.5, 0.6) is 0 Å². The Labute approximate surface area is 136 Å². The standard InChI is InChI=1S/C15H21Cl2N3O/c1-3-11(2)18-15(21)20-8-6-19(7-9-20)14-5-4-12(16)10-13(14)17/h4-5,10-11H,3,6-9H2,1-2H3,(H,18,21). The maximum absolute atomic E-state index is 12.1. The zero-order valence-corrected chi connectivity index (χ0v) is 13.9. The second-order valence-electron chi connectivity index (χ2n) is 5.33. The first kappa shape index (κ1) is 16.2. The van der Waals surface area contributed by atoms with E-state index in [1.165, 1.54) is 0 Å². The van der Waals surface area contributed by atoms with Crippen LogP contribution in [0, 0.1) is 0 Å². The Morgan fingerprint density at radius 3 is 2.52 bits per heavy atom. The number of halogens is 2. The third kappa shape index (κ3) is 4.17. The number of nitrogens with zero attached hydrogens (tertiary/aromatic N) is 2. The average molecular weight is 330 g/mol. The largest absolute Gasteiger partial charge is 0.367 e. The Bertz CT molecular complexity index is 502. The van der Waals surface area contributed by atoms with E-state index in [9.17, 15) is 4.79 Å². The molecule has 1 aromatic carbocycles. The van der Waals surface area contributed by atoms with Gasteiger partial charge in [0.25, 0.3) is 0 Å². The highest BCUT2D eigenvalue weighted by Gasteiger charge is 2.22. The van der Waals surface area contributed by atoms with Gasteiger partial charge >= 0.3 is 6.03 Å². The first-order chi connectivity index (χ1) is 10.0. The fourth-order valence-corrected chi connectivity index (χ4v) is 2.82. The summed E-state index contributed by atoms with van der Waals surface area (Å²) >= 11 is 12.1. The lowest BCUT2D eigenvalue weighted by Crippen LogP contribution is -2.53. The van der Waals surface area contributed by atoms with Crippen LogP contribution in [0.3, 0.4) is 0 Å². The number of anilines is 1. The predicted octanol–water partition coefficient (Wildman–Crippen LogP) is 3.62. The highest BCUT2D eigenvalue weighted by molar-refractivity contribution is 6.36. The van der Waals surface area contributed by atoms with Crippen LogP contribution in [0.25, 0.3) is 0 Å². The van der Waals surface area contributed by atoms with E-state index in [-0.39, 0.29) is 12.1 Å². The molecule has 116 valence electrons. The normalized spacial score (nSPS) is 16.8. The summed E-state index contributed by atoms with van der Waals surface area (Å²) in [6, 6.07) is 5.75. The van der Waals surface area contributed by atoms with Gasteiger partial charge in [0.15, 0.2) is 0 Å². The molecule has 1 saturated heterocycles. The molecular weight excluding hydrogens is 309 g/mol. The molecule has 2 rings (SSSR count). The van der Waals surface area contributed by atoms with E-state index >= 15 is 0 Å². The van der Waals surface area contributed by atoms with Crippen molar-refractivity contribution in [2.45, 2.75) is 26.3 Å². The van der Waals surface area contributed by atoms with Crippen molar-refractivity contribution in [1.29, 1.82) is 0 Å². The van der Waals surface area contributed by atoms with Crippen LogP contribution in [-0.4, -0.2) is 43.2 Å². The van der Waals surface area contributed by atoms with Gasteiger partial charge in [0.1, 0.15) is 0 Å². The lowest BCUT2D eigenvalue weighted by Gasteiger charge is -2.36. The SMILES string of the molecule is CCC(C)NC(=O)N1CCN(c2ccc(Cl)cc2Cl)CC1. The summed E-state index contributed by atoms with van der Waals surface area (Å²) in [4.78, 5) is 16.1. The molecule has 6 heteroatoms. The predicted molar refractivity (Wildman–Crippen MR) is 88.5 cm³/mol. The molecular formula is C15H21Cl2N3O. The van der Waals surface area contributed by atoms with Crippen LogP contribution in [0.4, 0.5) is 10.5 Å². The van der Waals surface area contributed by atoms with Crippen molar-refractivity contribution in [2.75, 3.05) is 31.1 Å². The smallest absolute Gasteiger partial charge is 0.317 e. The molecule has 1 fully saturated rings. The number of carbonyl (C=O) groups excluding carboxylic acids is 1. The Morgan fingerprint density at radius 2 is 1.95 bits per heavy atom. The van der Waals surface area contributed by atoms with Crippen molar-refractivity contribution in [3.05, 3.63) is 28.2 Å². The molecule has 1 heterocycles. The fourth-order valence-electron chi connectivity index (χ4n) is 2.29. The summed E-state index contributed by atoms with van der Waals surface area (Å²) in [7, 11) is 0. The number of hydrogen-bond acceptors (Lipinski definition) is 2. The molecule has 4 nitrogen and oxygen atoms in total. The summed E-state index contributed by atoms with van der Waals surface area (Å²) in [6.45, 7) is 7.01. The molecule has 0 aromatic heterocycles. The summed E-state index contributed by atoms with van der Waals surface area (Å²) in [5.41, 5.74) is 0.975. The topological polar surface area (TPSA) is 35.6 Å². The minimum atomic E-state index is 0.0196. The molecule has 1 aliphatic heterocycles. The number of hydrogen-bond donors (Lipinski definition) is 1. The zero-order chi connectivity index (χ0) is 15.4. The maximum Gasteiger partial charge on any atom is 0.317 e. The van der Waals surface area contributed by atoms with E-state index in [0.717, 1.165) is 25.2 Å². The van der Waals surface area contributed by atoms with E-state index in [1.807, 2.05) is 24.0 Å². The molecule has 2 amide bonds. The van der Waals surface area contributed by atoms with Crippen molar-refractivity contribution in [3.8, 4) is 0 Å². The molecule has 0 aliphatic carbocycles. The van der Waals surface area contributed by atoms with Crippen LogP contribution in [-0.2, 0) is 0 Å². The summed E-state index contributed by atoms with van der Waals surface area (Å²) in [5.74, 6) is 0. The Balaban J connectivity index is 1.92. The average Bonchev–Trinajstić information content (AvgIpc) is 2.47. The number of carbonyl (C=O) groups is 1. The first-order valence-corrected chi connectivity index (χ1v) is 8.02. The molecule has 0 saturated carbocycles. The molecule has 1 atom stereocenters. The van der Waals surface area contributed by atoms with Crippen molar-refractivity contribution in [1.82, 2.24) is 10.2 Å². The summed E-state index contributed by atoms with van der Waals surface area (Å²) in [5, 5.41) is 4.29. The van der Waals surface area contributed by atoms with Gasteiger partial charge in [0, 0.05) is 37.2 Å². The second-order valence-corrected chi connectivity index (χ2v) is 6.17. The van der Waals surface area contributed by atoms with Gasteiger partial charge in [-0.25, -0.2) is 4.79 Å². The zero-order valence-electron chi connectivity index (χ0n) is 12.4. The molecule has 0 radical (unpaired) electrons. The van der Waals surface area contributed by atoms with Gasteiger partial charge < -0.3 is 15.1 Å². The van der Waals surface area contributed by atoms with Crippen molar-refractivity contribution >= 4 is 34.9 Å². The third-order valence-corrected chi connectivity index (χ3v) is 4.34. The van der Waals surface area contributed by atoms with E-state index < -0.39 is 0 Å². The Morgan fingerprint density at radius 1 is 1.29 bits per heavy atom. The van der Waals surface area contributed by atoms with Crippen LogP contribution >= 0.6 is 23.2 Å². The van der Waals surface area contributed by atoms with Gasteiger partial charge in [-0.1, -0.05) is 30.1 Å². The molecule has 0 bridgehead atoms. The van der Waals surface area contributed by atoms with Crippen LogP contribution in [0.2, 0.25) is 10.0 Å². The molecule has 0 spiro atoms. The lowest BCUT2D eigenvalue weighted by atomic mass is 10.2. The van der Waals surface area contributed by atoms with Crippen molar-refractivity contribution in [2.24, 2.45) is 0 Å². The number of benzene rings is 1. The van der Waals surface area contributed by atoms with Gasteiger partial charge in [-0.2, -0.15) is 0 Å². The van der Waals surface area contributed by atoms with Crippen molar-refractivity contribution < 1.29 is 4.79 Å². The lowest BCUT2D eigenvalue weighted by molar-refractivity contribution is 0.191. The van der Waals surface area contributed by atoms with E-state index in [2.05, 4.69) is 17.1 Å². The van der Waals surface area contributed by atoms with Crippen molar-refractivity contribution in [3.63, 3.8) is 0 Å². The highest BCUT2D eigenvalue weighted by Crippen LogP contribution is 2.29. The van der Waals surface area contributed by atoms with Crippen LogP contribution in [0.15, 0.2) is 18.2 Å². The third-order valence-electron chi connectivity index (χ3n) is 3.80. The molecule has 1 aromatic rings. The van der Waals surface area contributed by atoms with E-state index in [4.69, 9.17) is 23.2 Å². The van der Waals surface area contributed by atoms with Gasteiger partial charge in [0.2, 0.25) is 0 Å². The number of urea groups is 1. The second kappa shape index (κ2) is 7.23. The minimum absolute atomic E-state index is 0.0196. The Kier molecular flexibility index (Phi) is 5.59. The van der Waals surface area contributed by atoms with Crippen LogP contribution < -0.4 is 10.2 Å². The van der Waals surface area contributed by atoms with Gasteiger partial charge in [-0.3, -0.25) is 0 Å². The summed E-state index contributed by atoms with van der Waals surface area (Å²) in [6.07, 6.45) is 0.937. The fraction of sp³-hybridized carbons (Fsp3) is 0.533. The number of nitrogens with one attached hydrogen (secondary N) is 1. The highest BCUT2D eigenvalue weighted by atomic mass is 35.5. The number of rotatable bonds is 3. The van der Waals surface area contributed by atoms with Crippen LogP contribution in [0.1, 0.15) is 20.3 Å². The minimum Gasteiger partial charge on any atom is -0.367 e. The molecule has 1 N–H and O–H groups in total. The van der Waals surface area contributed by atoms with E-state index in [1.54, 1.807) is 6.07 Å². The maximum atomic E-state index is 12.1. The first-order valence-electron chi connectivity index (χ1n) is 7.26. The van der Waals surface area contributed by atoms with Gasteiger partial charge in [-0.05, 0) is 31.5 Å². The number of piperazine rings is 1. The molecule has 1 aliphatic rings. The van der Waals surface area contributed by atoms with E-state index in [0.29, 0.717) is 23.1 Å². The summed E-state index contributed by atoms with van der Waals surface area (Å²) < 4.78 is 0. The van der Waals surface area contributed by atoms with Gasteiger partial charge in [-0.15, -0.1) is 0 Å². The van der Waals surface area contributed by atoms with Gasteiger partial charge in [0.05, 0.1) is 10.7 Å². The molecule has 21 heavy (non-hydrogen) atoms.